The van der Waals surface area contributed by atoms with Crippen LogP contribution in [0.3, 0.4) is 0 Å². The molecule has 0 unspecified atom stereocenters. The number of benzene rings is 3. The van der Waals surface area contributed by atoms with Gasteiger partial charge in [0.05, 0.1) is 31.4 Å². The van der Waals surface area contributed by atoms with E-state index in [1.165, 1.54) is 89.9 Å². The molecule has 77 heavy (non-hydrogen) atoms. The summed E-state index contributed by atoms with van der Waals surface area (Å²) in [5.41, 5.74) is 3.46. The molecule has 3 aromatic rings. The van der Waals surface area contributed by atoms with Crippen LogP contribution in [0.25, 0.3) is 10.8 Å². The van der Waals surface area contributed by atoms with Gasteiger partial charge in [0.15, 0.2) is 0 Å². The Labute approximate surface area is 462 Å². The fraction of sp³-hybridized carbons (Fsp3) is 0.646. The lowest BCUT2D eigenvalue weighted by Gasteiger charge is -2.59. The van der Waals surface area contributed by atoms with Crippen molar-refractivity contribution in [2.75, 3.05) is 40.1 Å². The van der Waals surface area contributed by atoms with Crippen LogP contribution in [0.5, 0.6) is 11.5 Å². The molecule has 426 valence electrons. The van der Waals surface area contributed by atoms with Gasteiger partial charge in [-0.15, -0.1) is 6.58 Å². The highest BCUT2D eigenvalue weighted by Crippen LogP contribution is 2.62. The molecule has 0 spiro atoms. The second-order valence-corrected chi connectivity index (χ2v) is 22.0. The number of aliphatic hydroxyl groups is 2. The van der Waals surface area contributed by atoms with E-state index in [0.717, 1.165) is 91.7 Å². The molecule has 2 aliphatic carbocycles. The summed E-state index contributed by atoms with van der Waals surface area (Å²) in [5.74, 6) is -1.26. The van der Waals surface area contributed by atoms with E-state index in [2.05, 4.69) is 56.1 Å². The molecule has 0 bridgehead atoms. The number of hydrogen-bond acceptors (Lipinski definition) is 10. The Morgan fingerprint density at radius 3 is 2.08 bits per heavy atom. The first-order valence-corrected chi connectivity index (χ1v) is 30.3. The fourth-order valence-electron chi connectivity index (χ4n) is 12.5. The first-order valence-electron chi connectivity index (χ1n) is 30.3. The molecular formula is C65H97N3O9. The molecule has 2 amide bonds. The van der Waals surface area contributed by atoms with Crippen LogP contribution in [0, 0.1) is 17.8 Å². The Hall–Kier alpha value is -4.91. The summed E-state index contributed by atoms with van der Waals surface area (Å²) in [6, 6.07) is 19.3. The van der Waals surface area contributed by atoms with Gasteiger partial charge in [-0.1, -0.05) is 202 Å². The summed E-state index contributed by atoms with van der Waals surface area (Å²) in [4.78, 5) is 36.3. The molecule has 6 rings (SSSR count). The number of aliphatic hydroxyl groups excluding tert-OH is 2. The van der Waals surface area contributed by atoms with Gasteiger partial charge in [0.25, 0.3) is 0 Å². The Morgan fingerprint density at radius 1 is 0.779 bits per heavy atom. The number of fused-ring (bicyclic) bond motifs is 3. The monoisotopic (exact) mass is 1060 g/mol. The van der Waals surface area contributed by atoms with Crippen LogP contribution >= 0.6 is 0 Å². The van der Waals surface area contributed by atoms with Crippen LogP contribution in [0.2, 0.25) is 0 Å². The Morgan fingerprint density at radius 2 is 1.42 bits per heavy atom. The van der Waals surface area contributed by atoms with Crippen molar-refractivity contribution in [3.63, 3.8) is 0 Å². The third-order valence-corrected chi connectivity index (χ3v) is 16.4. The second kappa shape index (κ2) is 34.2. The molecule has 3 aromatic carbocycles. The molecule has 0 saturated heterocycles. The van der Waals surface area contributed by atoms with Gasteiger partial charge in [-0.05, 0) is 90.5 Å². The quantitative estimate of drug-likeness (QED) is 0.0290. The fourth-order valence-corrected chi connectivity index (χ4v) is 12.5. The molecule has 1 aliphatic heterocycles. The largest absolute Gasteiger partial charge is 0.459 e. The molecule has 12 nitrogen and oxygen atoms in total. The summed E-state index contributed by atoms with van der Waals surface area (Å²) in [7, 11) is 1.56. The van der Waals surface area contributed by atoms with Crippen molar-refractivity contribution in [2.45, 2.75) is 212 Å². The zero-order chi connectivity index (χ0) is 54.5. The third-order valence-electron chi connectivity index (χ3n) is 16.4. The number of carbonyl (C=O) groups excluding carboxylic acids is 2. The van der Waals surface area contributed by atoms with Gasteiger partial charge in [0.2, 0.25) is 5.79 Å². The predicted octanol–water partition coefficient (Wildman–Crippen LogP) is 15.7. The smallest absolute Gasteiger partial charge is 0.412 e. The number of ether oxygens (including phenoxy) is 4. The van der Waals surface area contributed by atoms with Gasteiger partial charge in [-0.3, -0.25) is 4.90 Å². The van der Waals surface area contributed by atoms with E-state index in [4.69, 9.17) is 28.9 Å². The van der Waals surface area contributed by atoms with Gasteiger partial charge in [0.1, 0.15) is 24.7 Å². The normalized spacial score (nSPS) is 20.9. The van der Waals surface area contributed by atoms with E-state index in [9.17, 15) is 15.0 Å². The number of allylic oxidation sites excluding steroid dienone is 1. The standard InChI is InChI=1S/C65H97N3O9/c1-5-8-10-12-14-16-18-20-22-28-41-66-63(71)76-53-39-40-59-57(47-53)61-55(38-27-30-43-70)51(34-26-29-42-69)46-56-58(67-73-4)48-60(65(77-59,62(56)61)75-44-7-3)68(49-52-36-32-35-50-33-24-25-37-54(50)52)64(72)74-45-31-23-21-19-17-15-13-11-9-6-2/h7,24-25,32-33,35-37,39-40,46-47,51,55,60-62,69-70H,3,5-6,8-23,26-31,34,38,41-45,48-49H2,1-2,4H3,(H,66,71)/t51-,55+,60-,61+,62+,65+/m0/s1. The number of hydrogen-bond donors (Lipinski definition) is 3. The van der Waals surface area contributed by atoms with Crippen LogP contribution in [0.4, 0.5) is 9.59 Å². The molecule has 0 radical (unpaired) electrons. The molecule has 1 heterocycles. The lowest BCUT2D eigenvalue weighted by Crippen LogP contribution is -2.70. The number of oxime groups is 1. The van der Waals surface area contributed by atoms with Crippen LogP contribution in [-0.4, -0.2) is 84.9 Å². The number of amides is 2. The minimum atomic E-state index is -1.48. The minimum Gasteiger partial charge on any atom is -0.459 e. The molecule has 12 heteroatoms. The summed E-state index contributed by atoms with van der Waals surface area (Å²) < 4.78 is 27.2. The lowest BCUT2D eigenvalue weighted by molar-refractivity contribution is -0.256. The Balaban J connectivity index is 1.36. The number of rotatable bonds is 38. The summed E-state index contributed by atoms with van der Waals surface area (Å²) in [6.07, 6.45) is 31.7. The summed E-state index contributed by atoms with van der Waals surface area (Å²) in [5, 5.41) is 30.0. The molecule has 6 atom stereocenters. The SMILES string of the molecule is C=CCO[C@@]12Oc3ccc(OC(=O)NCCCCCCCCCCCC)cc3[C@H]3[C@H](CCCCO)[C@@H](CCCCO)C=C(C(=NOC)C[C@@H]1N(Cc1cccc4ccccc14)C(=O)OCCCCCCCCCCCC)[C@H]32. The van der Waals surface area contributed by atoms with Crippen molar-refractivity contribution in [1.29, 1.82) is 0 Å². The lowest BCUT2D eigenvalue weighted by atomic mass is 9.55. The maximum atomic E-state index is 15.3. The van der Waals surface area contributed by atoms with Crippen molar-refractivity contribution >= 4 is 28.7 Å². The number of carbonyl (C=O) groups is 2. The van der Waals surface area contributed by atoms with Crippen molar-refractivity contribution in [3.05, 3.63) is 96.1 Å². The average molecular weight is 1060 g/mol. The minimum absolute atomic E-state index is 0.00104. The van der Waals surface area contributed by atoms with Crippen LogP contribution in [0.1, 0.15) is 204 Å². The van der Waals surface area contributed by atoms with E-state index in [1.54, 1.807) is 19.3 Å². The van der Waals surface area contributed by atoms with Crippen LogP contribution < -0.4 is 14.8 Å². The van der Waals surface area contributed by atoms with E-state index in [1.807, 2.05) is 35.2 Å². The van der Waals surface area contributed by atoms with Crippen molar-refractivity contribution in [3.8, 4) is 11.5 Å². The van der Waals surface area contributed by atoms with Crippen molar-refractivity contribution < 1.29 is 43.6 Å². The first-order chi connectivity index (χ1) is 37.8. The number of nitrogens with one attached hydrogen (secondary N) is 1. The maximum Gasteiger partial charge on any atom is 0.412 e. The van der Waals surface area contributed by atoms with Crippen LogP contribution in [-0.2, 0) is 20.9 Å². The number of nitrogens with zero attached hydrogens (tertiary/aromatic N) is 2. The van der Waals surface area contributed by atoms with Gasteiger partial charge in [-0.25, -0.2) is 9.59 Å². The molecule has 0 aromatic heterocycles. The van der Waals surface area contributed by atoms with E-state index >= 15 is 4.79 Å². The Kier molecular flexibility index (Phi) is 27.2. The molecular weight excluding hydrogens is 967 g/mol. The van der Waals surface area contributed by atoms with Gasteiger partial charge >= 0.3 is 12.2 Å². The van der Waals surface area contributed by atoms with E-state index in [0.29, 0.717) is 36.6 Å². The highest BCUT2D eigenvalue weighted by Gasteiger charge is 2.65. The maximum absolute atomic E-state index is 15.3. The van der Waals surface area contributed by atoms with Crippen LogP contribution in [0.15, 0.2) is 90.1 Å². The highest BCUT2D eigenvalue weighted by atomic mass is 16.7. The van der Waals surface area contributed by atoms with Gasteiger partial charge in [-0.2, -0.15) is 0 Å². The summed E-state index contributed by atoms with van der Waals surface area (Å²) in [6.45, 7) is 9.94. The van der Waals surface area contributed by atoms with E-state index in [-0.39, 0.29) is 57.1 Å². The summed E-state index contributed by atoms with van der Waals surface area (Å²) >= 11 is 0. The van der Waals surface area contributed by atoms with Gasteiger partial charge in [0, 0.05) is 37.7 Å². The molecule has 1 fully saturated rings. The topological polar surface area (TPSA) is 148 Å². The first kappa shape index (κ1) is 61.3. The highest BCUT2D eigenvalue weighted by molar-refractivity contribution is 6.03. The number of unbranched alkanes of at least 4 members (excludes halogenated alkanes) is 20. The van der Waals surface area contributed by atoms with Crippen molar-refractivity contribution in [2.24, 2.45) is 22.9 Å². The average Bonchev–Trinajstić information content (AvgIpc) is 3.49. The molecule has 3 N–H and O–H groups in total. The predicted molar refractivity (Wildman–Crippen MR) is 311 cm³/mol. The second-order valence-electron chi connectivity index (χ2n) is 22.0. The zero-order valence-electron chi connectivity index (χ0n) is 47.5. The molecule has 3 aliphatic rings. The van der Waals surface area contributed by atoms with Crippen molar-refractivity contribution in [1.82, 2.24) is 10.2 Å². The Bertz CT molecular complexity index is 2280. The third kappa shape index (κ3) is 17.8. The zero-order valence-corrected chi connectivity index (χ0v) is 47.5. The molecule has 1 saturated carbocycles. The van der Waals surface area contributed by atoms with E-state index < -0.39 is 29.9 Å². The van der Waals surface area contributed by atoms with Gasteiger partial charge < -0.3 is 39.3 Å².